The van der Waals surface area contributed by atoms with Crippen molar-refractivity contribution in [3.63, 3.8) is 0 Å². The second-order valence-electron chi connectivity index (χ2n) is 38.4. The van der Waals surface area contributed by atoms with Gasteiger partial charge in [-0.15, -0.1) is 0 Å². The number of esters is 2. The number of nitrogens with one attached hydrogen (secondary N) is 1. The van der Waals surface area contributed by atoms with Crippen LogP contribution >= 0.6 is 62.3 Å². The number of likely N-dealkylation sites (tertiary alicyclic amines) is 4. The van der Waals surface area contributed by atoms with Crippen LogP contribution in [0.25, 0.3) is 0 Å². The number of nitriles is 4. The van der Waals surface area contributed by atoms with Gasteiger partial charge in [0.1, 0.15) is 58.1 Å². The summed E-state index contributed by atoms with van der Waals surface area (Å²) >= 11 is 28.5. The number of alkyl halides is 1. The van der Waals surface area contributed by atoms with Crippen LogP contribution in [0.15, 0.2) is 146 Å². The fraction of sp³-hybridized carbons (Fsp3) is 0.434. The molecule has 4 unspecified atom stereocenters. The number of anilines is 8. The lowest BCUT2D eigenvalue weighted by Crippen LogP contribution is -2.54. The van der Waals surface area contributed by atoms with Gasteiger partial charge in [-0.2, -0.15) is 21.0 Å². The number of primary amides is 2. The van der Waals surface area contributed by atoms with Crippen molar-refractivity contribution in [2.24, 2.45) is 33.1 Å². The van der Waals surface area contributed by atoms with Gasteiger partial charge in [-0.05, 0) is 172 Å². The van der Waals surface area contributed by atoms with Crippen LogP contribution in [-0.4, -0.2) is 265 Å². The van der Waals surface area contributed by atoms with Crippen molar-refractivity contribution in [3.05, 3.63) is 211 Å². The molecule has 8 aliphatic rings. The van der Waals surface area contributed by atoms with E-state index in [1.807, 2.05) is 88.1 Å². The Bertz CT molecular complexity index is 6070. The van der Waals surface area contributed by atoms with Crippen LogP contribution < -0.4 is 70.0 Å². The first-order chi connectivity index (χ1) is 70.0. The van der Waals surface area contributed by atoms with Gasteiger partial charge in [0, 0.05) is 133 Å². The molecule has 8 aromatic carbocycles. The third kappa shape index (κ3) is 28.4. The zero-order valence-corrected chi connectivity index (χ0v) is 88.1. The summed E-state index contributed by atoms with van der Waals surface area (Å²) in [6, 6.07) is 48.7. The Balaban J connectivity index is 0.000000171. The van der Waals surface area contributed by atoms with Crippen LogP contribution in [0.5, 0.6) is 23.0 Å². The number of carbonyl (C=O) groups excluding carboxylic acids is 8. The topological polar surface area (TPSA) is 387 Å². The number of piperidine rings is 4. The van der Waals surface area contributed by atoms with E-state index < -0.39 is 63.9 Å². The molecule has 4 saturated heterocycles. The van der Waals surface area contributed by atoms with Crippen molar-refractivity contribution in [1.29, 1.82) is 21.0 Å². The van der Waals surface area contributed by atoms with Crippen LogP contribution in [0.2, 0.25) is 20.1 Å². The third-order valence-electron chi connectivity index (χ3n) is 27.4. The van der Waals surface area contributed by atoms with Gasteiger partial charge < -0.3 is 99.1 Å². The van der Waals surface area contributed by atoms with Gasteiger partial charge >= 0.3 is 11.9 Å². The van der Waals surface area contributed by atoms with Gasteiger partial charge in [-0.25, -0.2) is 17.6 Å². The lowest BCUT2D eigenvalue weighted by molar-refractivity contribution is -0.142. The molecule has 6 amide bonds. The Morgan fingerprint density at radius 3 is 0.850 bits per heavy atom. The van der Waals surface area contributed by atoms with E-state index in [0.29, 0.717) is 196 Å². The molecule has 0 bridgehead atoms. The Kier molecular flexibility index (Phi) is 38.0. The maximum atomic E-state index is 13.5. The molecule has 0 aliphatic carbocycles. The Morgan fingerprint density at radius 2 is 0.619 bits per heavy atom. The average molecular weight is 2170 g/mol. The van der Waals surface area contributed by atoms with Crippen molar-refractivity contribution in [1.82, 2.24) is 19.6 Å². The summed E-state index contributed by atoms with van der Waals surface area (Å²) in [6.07, 6.45) is 3.07. The molecule has 147 heavy (non-hydrogen) atoms. The van der Waals surface area contributed by atoms with Crippen LogP contribution in [0.1, 0.15) is 73.6 Å². The number of fused-ring (bicyclic) bond motifs is 4. The SMILES string of the molecule is CN(C)c1cc2c(cc1Cl)N(CC(N)=O)CC(C(=O)N1CCC(C#N)(Cc3ccc(F)cc3)CC1)O2.CN(C)c1cc2c(cc1Cl)N(CC(N)=O)CC(C(=O)N1CCC(C#N)(Cc3ccc(F)cc3)CC1)O2.CN(C)c1cc2c(cc1Cl)NCC(C(=O)N1CCC(C#N)(Cc3ccc(F)cc3)CC1)O2.COC(=O)CBr.COC(=O)CN1CC(C(=O)N2CCC(C#N)(Cc3ccc(F)cc3)CC2)Oc2cc(N(C)C)c(Cl)cc21. The summed E-state index contributed by atoms with van der Waals surface area (Å²) in [5.74, 6) is -1.70. The van der Waals surface area contributed by atoms with Gasteiger partial charge in [0.15, 0.2) is 24.4 Å². The highest BCUT2D eigenvalue weighted by Crippen LogP contribution is 2.48. The molecule has 0 radical (unpaired) electrons. The van der Waals surface area contributed by atoms with Gasteiger partial charge in [-0.3, -0.25) is 38.4 Å². The predicted molar refractivity (Wildman–Crippen MR) is 558 cm³/mol. The summed E-state index contributed by atoms with van der Waals surface area (Å²) in [4.78, 5) is 119. The van der Waals surface area contributed by atoms with Gasteiger partial charge in [-0.1, -0.05) is 111 Å². The van der Waals surface area contributed by atoms with E-state index in [-0.39, 0.29) is 97.5 Å². The third-order valence-corrected chi connectivity index (χ3v) is 29.0. The summed E-state index contributed by atoms with van der Waals surface area (Å²) in [5, 5.41) is 45.3. The lowest BCUT2D eigenvalue weighted by atomic mass is 9.75. The van der Waals surface area contributed by atoms with Gasteiger partial charge in [0.25, 0.3) is 23.6 Å². The maximum absolute atomic E-state index is 13.5. The van der Waals surface area contributed by atoms with Crippen molar-refractivity contribution < 1.29 is 84.3 Å². The normalized spacial score (nSPS) is 18.2. The highest BCUT2D eigenvalue weighted by Gasteiger charge is 2.47. The monoisotopic (exact) mass is 2160 g/mol. The quantitative estimate of drug-likeness (QED) is 0.0304. The van der Waals surface area contributed by atoms with Crippen LogP contribution in [0, 0.1) is 90.3 Å². The number of hydrogen-bond acceptors (Lipinski definition) is 26. The number of ether oxygens (including phenoxy) is 6. The summed E-state index contributed by atoms with van der Waals surface area (Å²) < 4.78 is 86.5. The molecule has 16 rings (SSSR count). The number of methoxy groups -OCH3 is 2. The summed E-state index contributed by atoms with van der Waals surface area (Å²) in [5.41, 5.74) is 17.7. The predicted octanol–water partition coefficient (Wildman–Crippen LogP) is 14.3. The fourth-order valence-electron chi connectivity index (χ4n) is 19.0. The minimum atomic E-state index is -0.834. The lowest BCUT2D eigenvalue weighted by Gasteiger charge is -2.41. The molecule has 0 aromatic heterocycles. The second kappa shape index (κ2) is 49.8. The first-order valence-electron chi connectivity index (χ1n) is 47.7. The van der Waals surface area contributed by atoms with Crippen LogP contribution in [0.4, 0.5) is 63.1 Å². The minimum Gasteiger partial charge on any atom is -0.476 e. The number of rotatable bonds is 23. The van der Waals surface area contributed by atoms with E-state index in [0.717, 1.165) is 50.7 Å². The Morgan fingerprint density at radius 1 is 0.381 bits per heavy atom. The number of nitrogens with two attached hydrogens (primary N) is 2. The van der Waals surface area contributed by atoms with Crippen molar-refractivity contribution in [3.8, 4) is 47.3 Å². The second-order valence-corrected chi connectivity index (χ2v) is 40.6. The number of carbonyl (C=O) groups is 8. The first-order valence-corrected chi connectivity index (χ1v) is 50.3. The summed E-state index contributed by atoms with van der Waals surface area (Å²) in [7, 11) is 17.6. The fourth-order valence-corrected chi connectivity index (χ4v) is 20.5. The number of halogens is 9. The molecule has 8 aliphatic heterocycles. The van der Waals surface area contributed by atoms with Crippen molar-refractivity contribution in [2.75, 3.05) is 214 Å². The molecule has 780 valence electrons. The molecule has 0 spiro atoms. The minimum absolute atomic E-state index is 0.0521. The van der Waals surface area contributed by atoms with Crippen LogP contribution in [-0.2, 0) is 73.5 Å². The Hall–Kier alpha value is -13.6. The van der Waals surface area contributed by atoms with Gasteiger partial charge in [0.05, 0.1) is 165 Å². The van der Waals surface area contributed by atoms with Gasteiger partial charge in [0.2, 0.25) is 11.8 Å². The van der Waals surface area contributed by atoms with Crippen LogP contribution in [0.3, 0.4) is 0 Å². The number of nitrogens with zero attached hydrogens (tertiary/aromatic N) is 15. The zero-order valence-electron chi connectivity index (χ0n) is 83.4. The molecule has 32 nitrogen and oxygen atoms in total. The molecule has 41 heteroatoms. The summed E-state index contributed by atoms with van der Waals surface area (Å²) in [6.45, 7) is 4.02. The number of hydrogen-bond donors (Lipinski definition) is 3. The smallest absolute Gasteiger partial charge is 0.325 e. The molecule has 5 N–H and O–H groups in total. The standard InChI is InChI=1S/C27H30ClFN4O4.2C26H29ClFN5O3.C24H26ClFN4O2.C3H5BrO2/c1-31(2)21-13-23-22(12-20(21)28)33(16-25(34)36-3)15-24(37-23)26(35)32-10-8-27(17-30,9-11-32)14-18-4-6-19(29)7-5-18;2*1-31(2)20-12-22-21(11-19(20)27)33(15-24(30)34)14-23(36-22)25(35)32-9-7-26(16-29,8-10-32)13-17-3-5-18(28)6-4-17;1-29(2)20-12-21-19(11-18(20)25)28-14-22(32-21)23(31)30-9-7-24(15-27,8-10-30)13-16-3-5-17(26)6-4-16;1-6-3(5)2-4/h4-7,12-13,24H,8-11,14-16H2,1-3H3;2*3-6,11-12,23H,7-10,13-15H2,1-2H3,(H2,30,34);3-6,11-12,22,28H,7-10,13-14H2,1-2H3;2H2,1H3. The highest BCUT2D eigenvalue weighted by atomic mass is 79.9. The Labute approximate surface area is 881 Å². The molecule has 8 heterocycles. The van der Waals surface area contributed by atoms with E-state index in [1.165, 1.54) is 62.8 Å². The van der Waals surface area contributed by atoms with E-state index in [9.17, 15) is 77.0 Å². The van der Waals surface area contributed by atoms with E-state index >= 15 is 0 Å². The number of amides is 6. The molecule has 4 atom stereocenters. The highest BCUT2D eigenvalue weighted by molar-refractivity contribution is 9.09. The van der Waals surface area contributed by atoms with E-state index in [4.69, 9.17) is 81.6 Å². The molecule has 0 saturated carbocycles. The number of benzene rings is 8. The van der Waals surface area contributed by atoms with E-state index in [1.54, 1.807) is 119 Å². The molecule has 8 aromatic rings. The van der Waals surface area contributed by atoms with Crippen molar-refractivity contribution >= 4 is 155 Å². The molecular weight excluding hydrogens is 2050 g/mol. The van der Waals surface area contributed by atoms with E-state index in [2.05, 4.69) is 50.3 Å². The molecular formula is C106H119BrCl4F4N18O14. The zero-order chi connectivity index (χ0) is 107. The maximum Gasteiger partial charge on any atom is 0.325 e. The molecule has 4 fully saturated rings. The first kappa shape index (κ1) is 112. The van der Waals surface area contributed by atoms with Crippen molar-refractivity contribution in [2.45, 2.75) is 101 Å². The largest absolute Gasteiger partial charge is 0.476 e. The average Bonchev–Trinajstić information content (AvgIpc) is 0.772.